The summed E-state index contributed by atoms with van der Waals surface area (Å²) in [7, 11) is 1.42. The molecule has 9 heteroatoms. The standard InChI is InChI=1S/C19H25FN4O4/c1-19(2,3)28-18(27)23-7-5-11(6-8-23)24-15-10-13(20)12(16(25)21-4)9-14(15)22-17(24)26/h9-11H,5-8H2,1-4H3,(H,21,25)(H,22,26). The van der Waals surface area contributed by atoms with E-state index in [1.54, 1.807) is 4.90 Å². The highest BCUT2D eigenvalue weighted by Crippen LogP contribution is 2.27. The number of imidazole rings is 1. The monoisotopic (exact) mass is 392 g/mol. The number of halogens is 1. The average molecular weight is 392 g/mol. The van der Waals surface area contributed by atoms with Crippen molar-refractivity contribution >= 4 is 23.0 Å². The van der Waals surface area contributed by atoms with Crippen LogP contribution in [0.25, 0.3) is 11.0 Å². The van der Waals surface area contributed by atoms with Crippen molar-refractivity contribution in [3.8, 4) is 0 Å². The van der Waals surface area contributed by atoms with Crippen LogP contribution in [-0.2, 0) is 4.74 Å². The van der Waals surface area contributed by atoms with Gasteiger partial charge in [0.15, 0.2) is 0 Å². The summed E-state index contributed by atoms with van der Waals surface area (Å²) in [6, 6.07) is 2.38. The highest BCUT2D eigenvalue weighted by Gasteiger charge is 2.29. The molecule has 1 saturated heterocycles. The van der Waals surface area contributed by atoms with Gasteiger partial charge < -0.3 is 19.9 Å². The normalized spacial score (nSPS) is 15.7. The lowest BCUT2D eigenvalue weighted by atomic mass is 10.0. The molecule has 2 aromatic rings. The van der Waals surface area contributed by atoms with Crippen molar-refractivity contribution in [2.75, 3.05) is 20.1 Å². The van der Waals surface area contributed by atoms with Crippen molar-refractivity contribution < 1.29 is 18.7 Å². The minimum Gasteiger partial charge on any atom is -0.444 e. The van der Waals surface area contributed by atoms with Gasteiger partial charge >= 0.3 is 11.8 Å². The van der Waals surface area contributed by atoms with Gasteiger partial charge in [-0.25, -0.2) is 14.0 Å². The van der Waals surface area contributed by atoms with Crippen molar-refractivity contribution in [3.05, 3.63) is 34.0 Å². The summed E-state index contributed by atoms with van der Waals surface area (Å²) in [5.74, 6) is -1.25. The summed E-state index contributed by atoms with van der Waals surface area (Å²) in [5, 5.41) is 2.38. The molecule has 0 atom stereocenters. The Labute approximate surface area is 161 Å². The van der Waals surface area contributed by atoms with Gasteiger partial charge in [0, 0.05) is 32.2 Å². The molecule has 2 N–H and O–H groups in total. The molecule has 1 aromatic heterocycles. The maximum absolute atomic E-state index is 14.4. The predicted molar refractivity (Wildman–Crippen MR) is 102 cm³/mol. The number of H-pyrrole nitrogens is 1. The molecule has 0 radical (unpaired) electrons. The van der Waals surface area contributed by atoms with Crippen molar-refractivity contribution in [1.29, 1.82) is 0 Å². The van der Waals surface area contributed by atoms with Crippen molar-refractivity contribution in [2.45, 2.75) is 45.3 Å². The smallest absolute Gasteiger partial charge is 0.410 e. The molecule has 0 aliphatic carbocycles. The van der Waals surface area contributed by atoms with Crippen LogP contribution in [0.2, 0.25) is 0 Å². The van der Waals surface area contributed by atoms with E-state index in [4.69, 9.17) is 4.74 Å². The van der Waals surface area contributed by atoms with E-state index < -0.39 is 17.3 Å². The van der Waals surface area contributed by atoms with E-state index in [1.807, 2.05) is 20.8 Å². The molecule has 3 rings (SSSR count). The van der Waals surface area contributed by atoms with Crippen molar-refractivity contribution in [3.63, 3.8) is 0 Å². The van der Waals surface area contributed by atoms with Gasteiger partial charge in [-0.05, 0) is 39.7 Å². The van der Waals surface area contributed by atoms with Gasteiger partial charge in [-0.2, -0.15) is 0 Å². The molecule has 1 aromatic carbocycles. The van der Waals surface area contributed by atoms with E-state index >= 15 is 0 Å². The molecule has 0 spiro atoms. The van der Waals surface area contributed by atoms with Crippen LogP contribution >= 0.6 is 0 Å². The van der Waals surface area contributed by atoms with Crippen molar-refractivity contribution in [1.82, 2.24) is 19.8 Å². The second-order valence-electron chi connectivity index (χ2n) is 7.93. The lowest BCUT2D eigenvalue weighted by Gasteiger charge is -2.33. The summed E-state index contributed by atoms with van der Waals surface area (Å²) in [6.07, 6.45) is 0.717. The van der Waals surface area contributed by atoms with Gasteiger partial charge in [0.25, 0.3) is 5.91 Å². The van der Waals surface area contributed by atoms with Crippen molar-refractivity contribution in [2.24, 2.45) is 0 Å². The predicted octanol–water partition coefficient (Wildman–Crippen LogP) is 2.40. The number of likely N-dealkylation sites (tertiary alicyclic amines) is 1. The minimum atomic E-state index is -0.689. The highest BCUT2D eigenvalue weighted by molar-refractivity contribution is 5.97. The van der Waals surface area contributed by atoms with Gasteiger partial charge in [-0.1, -0.05) is 0 Å². The molecule has 0 bridgehead atoms. The Morgan fingerprint density at radius 3 is 2.46 bits per heavy atom. The van der Waals surface area contributed by atoms with Crippen LogP contribution in [0.15, 0.2) is 16.9 Å². The number of aromatic nitrogens is 2. The zero-order valence-electron chi connectivity index (χ0n) is 16.5. The number of aromatic amines is 1. The number of benzene rings is 1. The lowest BCUT2D eigenvalue weighted by Crippen LogP contribution is -2.43. The summed E-state index contributed by atoms with van der Waals surface area (Å²) in [6.45, 7) is 6.31. The molecule has 1 aliphatic heterocycles. The van der Waals surface area contributed by atoms with Gasteiger partial charge in [0.2, 0.25) is 0 Å². The van der Waals surface area contributed by atoms with Crippen LogP contribution < -0.4 is 11.0 Å². The first-order valence-electron chi connectivity index (χ1n) is 9.24. The Balaban J connectivity index is 1.83. The van der Waals surface area contributed by atoms with Gasteiger partial charge in [-0.3, -0.25) is 9.36 Å². The maximum Gasteiger partial charge on any atom is 0.410 e. The summed E-state index contributed by atoms with van der Waals surface area (Å²) < 4.78 is 21.3. The number of nitrogens with one attached hydrogen (secondary N) is 2. The third-order valence-electron chi connectivity index (χ3n) is 4.76. The molecule has 2 heterocycles. The highest BCUT2D eigenvalue weighted by atomic mass is 19.1. The third kappa shape index (κ3) is 3.88. The first-order chi connectivity index (χ1) is 13.1. The Morgan fingerprint density at radius 2 is 1.89 bits per heavy atom. The zero-order chi connectivity index (χ0) is 20.6. The number of carbonyl (C=O) groups excluding carboxylic acids is 2. The SMILES string of the molecule is CNC(=O)c1cc2[nH]c(=O)n(C3CCN(C(=O)OC(C)(C)C)CC3)c2cc1F. The fourth-order valence-corrected chi connectivity index (χ4v) is 3.45. The lowest BCUT2D eigenvalue weighted by molar-refractivity contribution is 0.0189. The second kappa shape index (κ2) is 7.29. The number of piperidine rings is 1. The number of hydrogen-bond acceptors (Lipinski definition) is 4. The van der Waals surface area contributed by atoms with Gasteiger partial charge in [0.1, 0.15) is 11.4 Å². The molecule has 28 heavy (non-hydrogen) atoms. The van der Waals surface area contributed by atoms with E-state index in [1.165, 1.54) is 23.7 Å². The minimum absolute atomic E-state index is 0.122. The number of hydrogen-bond donors (Lipinski definition) is 2. The number of ether oxygens (including phenoxy) is 1. The van der Waals surface area contributed by atoms with Crippen LogP contribution in [0.3, 0.4) is 0 Å². The third-order valence-corrected chi connectivity index (χ3v) is 4.76. The summed E-state index contributed by atoms with van der Waals surface area (Å²) in [5.41, 5.74) is -0.241. The molecular formula is C19H25FN4O4. The molecule has 0 saturated carbocycles. The Hall–Kier alpha value is -2.84. The number of rotatable bonds is 2. The van der Waals surface area contributed by atoms with Gasteiger partial charge in [-0.15, -0.1) is 0 Å². The van der Waals surface area contributed by atoms with E-state index in [0.717, 1.165) is 0 Å². The zero-order valence-corrected chi connectivity index (χ0v) is 16.5. The van der Waals surface area contributed by atoms with Crippen LogP contribution in [0.4, 0.5) is 9.18 Å². The molecule has 1 fully saturated rings. The molecule has 2 amide bonds. The topological polar surface area (TPSA) is 96.4 Å². The summed E-state index contributed by atoms with van der Waals surface area (Å²) >= 11 is 0. The molecule has 0 unspecified atom stereocenters. The second-order valence-corrected chi connectivity index (χ2v) is 7.93. The number of carbonyl (C=O) groups is 2. The van der Waals surface area contributed by atoms with E-state index in [2.05, 4.69) is 10.3 Å². The van der Waals surface area contributed by atoms with E-state index in [-0.39, 0.29) is 23.4 Å². The number of amides is 2. The first kappa shape index (κ1) is 19.9. The molecule has 8 nitrogen and oxygen atoms in total. The summed E-state index contributed by atoms with van der Waals surface area (Å²) in [4.78, 5) is 40.8. The fraction of sp³-hybridized carbons (Fsp3) is 0.526. The first-order valence-corrected chi connectivity index (χ1v) is 9.24. The van der Waals surface area contributed by atoms with E-state index in [9.17, 15) is 18.8 Å². The quantitative estimate of drug-likeness (QED) is 0.820. The largest absolute Gasteiger partial charge is 0.444 e. The van der Waals surface area contributed by atoms with Crippen LogP contribution in [-0.4, -0.2) is 52.2 Å². The molecular weight excluding hydrogens is 367 g/mol. The van der Waals surface area contributed by atoms with Crippen LogP contribution in [0.1, 0.15) is 50.0 Å². The Morgan fingerprint density at radius 1 is 1.25 bits per heavy atom. The Bertz CT molecular complexity index is 965. The van der Waals surface area contributed by atoms with Crippen LogP contribution in [0.5, 0.6) is 0 Å². The van der Waals surface area contributed by atoms with E-state index in [0.29, 0.717) is 37.0 Å². The molecule has 1 aliphatic rings. The Kier molecular flexibility index (Phi) is 5.18. The number of fused-ring (bicyclic) bond motifs is 1. The van der Waals surface area contributed by atoms with Gasteiger partial charge in [0.05, 0.1) is 16.6 Å². The van der Waals surface area contributed by atoms with Crippen LogP contribution in [0, 0.1) is 5.82 Å². The average Bonchev–Trinajstić information content (AvgIpc) is 2.93. The maximum atomic E-state index is 14.4. The number of nitrogens with zero attached hydrogens (tertiary/aromatic N) is 2. The molecule has 152 valence electrons. The fourth-order valence-electron chi connectivity index (χ4n) is 3.45.